The summed E-state index contributed by atoms with van der Waals surface area (Å²) in [4.78, 5) is 16.5. The van der Waals surface area contributed by atoms with Crippen LogP contribution in [0.3, 0.4) is 0 Å². The molecule has 2 N–H and O–H groups in total. The van der Waals surface area contributed by atoms with E-state index in [0.29, 0.717) is 5.16 Å². The minimum atomic E-state index is -0.0771. The molecule has 0 saturated carbocycles. The van der Waals surface area contributed by atoms with E-state index >= 15 is 0 Å². The second kappa shape index (κ2) is 6.52. The molecule has 0 atom stereocenters. The number of aromatic nitrogens is 3. The van der Waals surface area contributed by atoms with Gasteiger partial charge in [-0.3, -0.25) is 9.89 Å². The zero-order chi connectivity index (χ0) is 16.3. The van der Waals surface area contributed by atoms with E-state index in [-0.39, 0.29) is 17.1 Å². The summed E-state index contributed by atoms with van der Waals surface area (Å²) in [5.74, 6) is 1.06. The zero-order valence-electron chi connectivity index (χ0n) is 13.7. The van der Waals surface area contributed by atoms with Gasteiger partial charge in [-0.1, -0.05) is 50.7 Å². The standard InChI is InChI=1S/C16H22N4OS/c1-10-7-6-8-11(2)13(10)17-12(21)9-22-15-18-14(19-20-15)16(3,4)5/h6-8H,9H2,1-5H3,(H,17,21)(H,18,19,20). The van der Waals surface area contributed by atoms with Crippen LogP contribution in [0.25, 0.3) is 0 Å². The van der Waals surface area contributed by atoms with Gasteiger partial charge in [0.25, 0.3) is 0 Å². The molecule has 0 radical (unpaired) electrons. The van der Waals surface area contributed by atoms with Gasteiger partial charge in [0.15, 0.2) is 0 Å². The van der Waals surface area contributed by atoms with Crippen molar-refractivity contribution >= 4 is 23.4 Å². The molecule has 0 fully saturated rings. The summed E-state index contributed by atoms with van der Waals surface area (Å²) >= 11 is 1.33. The number of carbonyl (C=O) groups excluding carboxylic acids is 1. The molecule has 2 rings (SSSR count). The molecule has 5 nitrogen and oxygen atoms in total. The average molecular weight is 318 g/mol. The number of hydrogen-bond donors (Lipinski definition) is 2. The Kier molecular flexibility index (Phi) is 4.90. The van der Waals surface area contributed by atoms with Gasteiger partial charge in [-0.2, -0.15) is 0 Å². The lowest BCUT2D eigenvalue weighted by Gasteiger charge is -2.12. The number of benzene rings is 1. The molecule has 0 saturated heterocycles. The van der Waals surface area contributed by atoms with Gasteiger partial charge in [-0.25, -0.2) is 4.98 Å². The Bertz CT molecular complexity index is 653. The average Bonchev–Trinajstić information content (AvgIpc) is 2.90. The van der Waals surface area contributed by atoms with Crippen LogP contribution in [-0.2, 0) is 10.2 Å². The maximum absolute atomic E-state index is 12.1. The van der Waals surface area contributed by atoms with Crippen molar-refractivity contribution in [1.82, 2.24) is 15.2 Å². The Morgan fingerprint density at radius 3 is 2.45 bits per heavy atom. The number of nitrogens with zero attached hydrogens (tertiary/aromatic N) is 2. The first-order valence-corrected chi connectivity index (χ1v) is 8.17. The van der Waals surface area contributed by atoms with Crippen molar-refractivity contribution < 1.29 is 4.79 Å². The number of anilines is 1. The summed E-state index contributed by atoms with van der Waals surface area (Å²) in [6.45, 7) is 10.2. The first kappa shape index (κ1) is 16.5. The van der Waals surface area contributed by atoms with Crippen molar-refractivity contribution in [2.24, 2.45) is 0 Å². The molecule has 1 heterocycles. The molecule has 22 heavy (non-hydrogen) atoms. The molecule has 0 aliphatic rings. The number of rotatable bonds is 4. The van der Waals surface area contributed by atoms with Gasteiger partial charge >= 0.3 is 0 Å². The van der Waals surface area contributed by atoms with Crippen molar-refractivity contribution in [2.45, 2.75) is 45.2 Å². The number of aromatic amines is 1. The third kappa shape index (κ3) is 4.10. The first-order valence-electron chi connectivity index (χ1n) is 7.19. The fourth-order valence-electron chi connectivity index (χ4n) is 1.96. The van der Waals surface area contributed by atoms with Crippen LogP contribution in [0.15, 0.2) is 23.4 Å². The molecule has 1 amide bonds. The topological polar surface area (TPSA) is 70.7 Å². The monoisotopic (exact) mass is 318 g/mol. The van der Waals surface area contributed by atoms with E-state index < -0.39 is 0 Å². The molecule has 2 aromatic rings. The van der Waals surface area contributed by atoms with Crippen LogP contribution in [0.4, 0.5) is 5.69 Å². The number of aryl methyl sites for hydroxylation is 2. The van der Waals surface area contributed by atoms with E-state index in [0.717, 1.165) is 22.6 Å². The second-order valence-corrected chi connectivity index (χ2v) is 7.26. The maximum Gasteiger partial charge on any atom is 0.234 e. The van der Waals surface area contributed by atoms with Crippen LogP contribution in [-0.4, -0.2) is 26.8 Å². The molecule has 1 aromatic carbocycles. The second-order valence-electron chi connectivity index (χ2n) is 6.32. The lowest BCUT2D eigenvalue weighted by Crippen LogP contribution is -2.16. The number of thioether (sulfide) groups is 1. The third-order valence-corrected chi connectivity index (χ3v) is 4.10. The summed E-state index contributed by atoms with van der Waals surface area (Å²) in [7, 11) is 0. The fraction of sp³-hybridized carbons (Fsp3) is 0.438. The Morgan fingerprint density at radius 2 is 1.91 bits per heavy atom. The molecule has 0 spiro atoms. The number of H-pyrrole nitrogens is 1. The molecule has 6 heteroatoms. The Balaban J connectivity index is 1.95. The van der Waals surface area contributed by atoms with E-state index in [1.54, 1.807) is 0 Å². The molecular formula is C16H22N4OS. The predicted octanol–water partition coefficient (Wildman–Crippen LogP) is 3.45. The molecular weight excluding hydrogens is 296 g/mol. The number of amides is 1. The van der Waals surface area contributed by atoms with E-state index in [9.17, 15) is 4.79 Å². The van der Waals surface area contributed by atoms with Crippen LogP contribution in [0.1, 0.15) is 37.7 Å². The minimum Gasteiger partial charge on any atom is -0.325 e. The normalized spacial score (nSPS) is 11.5. The van der Waals surface area contributed by atoms with Crippen molar-refractivity contribution in [3.63, 3.8) is 0 Å². The van der Waals surface area contributed by atoms with Crippen molar-refractivity contribution in [3.05, 3.63) is 35.2 Å². The van der Waals surface area contributed by atoms with Crippen LogP contribution in [0, 0.1) is 13.8 Å². The fourth-order valence-corrected chi connectivity index (χ4v) is 2.56. The van der Waals surface area contributed by atoms with E-state index in [2.05, 4.69) is 41.3 Å². The lowest BCUT2D eigenvalue weighted by atomic mass is 9.96. The van der Waals surface area contributed by atoms with Crippen molar-refractivity contribution in [3.8, 4) is 0 Å². The SMILES string of the molecule is Cc1cccc(C)c1NC(=O)CSc1n[nH]c(C(C)(C)C)n1. The largest absolute Gasteiger partial charge is 0.325 e. The Labute approximate surface area is 135 Å². The zero-order valence-corrected chi connectivity index (χ0v) is 14.5. The summed E-state index contributed by atoms with van der Waals surface area (Å²) in [6, 6.07) is 5.96. The van der Waals surface area contributed by atoms with E-state index in [1.807, 2.05) is 32.0 Å². The smallest absolute Gasteiger partial charge is 0.234 e. The molecule has 118 valence electrons. The van der Waals surface area contributed by atoms with Crippen LogP contribution >= 0.6 is 11.8 Å². The van der Waals surface area contributed by atoms with Gasteiger partial charge in [-0.15, -0.1) is 5.10 Å². The third-order valence-electron chi connectivity index (χ3n) is 3.25. The quantitative estimate of drug-likeness (QED) is 0.847. The van der Waals surface area contributed by atoms with E-state index in [1.165, 1.54) is 11.8 Å². The highest BCUT2D eigenvalue weighted by atomic mass is 32.2. The minimum absolute atomic E-state index is 0.0514. The van der Waals surface area contributed by atoms with Gasteiger partial charge in [0.05, 0.1) is 5.75 Å². The summed E-state index contributed by atoms with van der Waals surface area (Å²) in [6.07, 6.45) is 0. The van der Waals surface area contributed by atoms with Crippen LogP contribution in [0.5, 0.6) is 0 Å². The Hall–Kier alpha value is -1.82. The van der Waals surface area contributed by atoms with Gasteiger partial charge in [0, 0.05) is 11.1 Å². The highest BCUT2D eigenvalue weighted by molar-refractivity contribution is 7.99. The lowest BCUT2D eigenvalue weighted by molar-refractivity contribution is -0.113. The first-order chi connectivity index (χ1) is 10.3. The van der Waals surface area contributed by atoms with Crippen LogP contribution < -0.4 is 5.32 Å². The number of hydrogen-bond acceptors (Lipinski definition) is 4. The predicted molar refractivity (Wildman–Crippen MR) is 90.4 cm³/mol. The maximum atomic E-state index is 12.1. The summed E-state index contributed by atoms with van der Waals surface area (Å²) in [5.41, 5.74) is 2.93. The van der Waals surface area contributed by atoms with Gasteiger partial charge in [-0.05, 0) is 25.0 Å². The summed E-state index contributed by atoms with van der Waals surface area (Å²) in [5, 5.41) is 10.6. The molecule has 0 aliphatic heterocycles. The van der Waals surface area contributed by atoms with E-state index in [4.69, 9.17) is 0 Å². The Morgan fingerprint density at radius 1 is 1.27 bits per heavy atom. The molecule has 0 aliphatic carbocycles. The molecule has 0 bridgehead atoms. The highest BCUT2D eigenvalue weighted by Gasteiger charge is 2.19. The van der Waals surface area contributed by atoms with Gasteiger partial charge in [0.2, 0.25) is 11.1 Å². The molecule has 1 aromatic heterocycles. The highest BCUT2D eigenvalue weighted by Crippen LogP contribution is 2.22. The van der Waals surface area contributed by atoms with Crippen LogP contribution in [0.2, 0.25) is 0 Å². The van der Waals surface area contributed by atoms with Crippen molar-refractivity contribution in [2.75, 3.05) is 11.1 Å². The number of nitrogens with one attached hydrogen (secondary N) is 2. The number of carbonyl (C=O) groups is 1. The number of para-hydroxylation sites is 1. The molecule has 0 unspecified atom stereocenters. The van der Waals surface area contributed by atoms with Crippen molar-refractivity contribution in [1.29, 1.82) is 0 Å². The van der Waals surface area contributed by atoms with Gasteiger partial charge < -0.3 is 5.32 Å². The van der Waals surface area contributed by atoms with Gasteiger partial charge in [0.1, 0.15) is 5.82 Å². The summed E-state index contributed by atoms with van der Waals surface area (Å²) < 4.78 is 0.